The third-order valence-electron chi connectivity index (χ3n) is 5.32. The van der Waals surface area contributed by atoms with Gasteiger partial charge in [-0.15, -0.1) is 0 Å². The minimum absolute atomic E-state index is 0.190. The molecule has 1 atom stereocenters. The van der Waals surface area contributed by atoms with Crippen LogP contribution in [-0.2, 0) is 6.54 Å². The molecule has 1 aromatic carbocycles. The van der Waals surface area contributed by atoms with Gasteiger partial charge in [0.05, 0.1) is 26.5 Å². The minimum atomic E-state index is 0.190. The average Bonchev–Trinajstić information content (AvgIpc) is 3.31. The molecule has 1 aromatic heterocycles. The van der Waals surface area contributed by atoms with E-state index in [2.05, 4.69) is 26.6 Å². The van der Waals surface area contributed by atoms with E-state index in [1.165, 1.54) is 19.3 Å². The fourth-order valence-electron chi connectivity index (χ4n) is 3.81. The smallest absolute Gasteiger partial charge is 0.191 e. The number of benzene rings is 1. The maximum atomic E-state index is 5.73. The summed E-state index contributed by atoms with van der Waals surface area (Å²) in [6.07, 6.45) is 5.52. The lowest BCUT2D eigenvalue weighted by Gasteiger charge is -2.33. The van der Waals surface area contributed by atoms with Crippen molar-refractivity contribution in [2.45, 2.75) is 31.8 Å². The van der Waals surface area contributed by atoms with E-state index in [1.807, 2.05) is 24.3 Å². The average molecular weight is 401 g/mol. The molecular formula is C22H32N4O3. The Labute approximate surface area is 173 Å². The predicted octanol–water partition coefficient (Wildman–Crippen LogP) is 3.19. The fraction of sp³-hybridized carbons (Fsp3) is 0.500. The molecule has 1 aliphatic heterocycles. The number of piperidine rings is 1. The summed E-state index contributed by atoms with van der Waals surface area (Å²) in [7, 11) is 5.08. The van der Waals surface area contributed by atoms with Crippen molar-refractivity contribution in [2.75, 3.05) is 40.9 Å². The van der Waals surface area contributed by atoms with Crippen molar-refractivity contribution in [1.82, 2.24) is 15.5 Å². The molecule has 2 N–H and O–H groups in total. The van der Waals surface area contributed by atoms with Crippen molar-refractivity contribution >= 4 is 5.96 Å². The first-order chi connectivity index (χ1) is 14.3. The number of para-hydroxylation sites is 1. The molecule has 0 aliphatic carbocycles. The highest BCUT2D eigenvalue weighted by Gasteiger charge is 2.24. The van der Waals surface area contributed by atoms with E-state index >= 15 is 0 Å². The summed E-state index contributed by atoms with van der Waals surface area (Å²) >= 11 is 0. The maximum Gasteiger partial charge on any atom is 0.191 e. The van der Waals surface area contributed by atoms with Crippen LogP contribution < -0.4 is 20.1 Å². The first-order valence-corrected chi connectivity index (χ1v) is 10.2. The summed E-state index contributed by atoms with van der Waals surface area (Å²) in [5.74, 6) is 3.19. The molecule has 1 unspecified atom stereocenters. The third kappa shape index (κ3) is 5.44. The van der Waals surface area contributed by atoms with Crippen molar-refractivity contribution in [1.29, 1.82) is 0 Å². The molecule has 0 radical (unpaired) electrons. The number of hydrogen-bond donors (Lipinski definition) is 2. The largest absolute Gasteiger partial charge is 0.493 e. The number of methoxy groups -OCH3 is 2. The van der Waals surface area contributed by atoms with Gasteiger partial charge in [-0.2, -0.15) is 0 Å². The van der Waals surface area contributed by atoms with Crippen LogP contribution in [0.3, 0.4) is 0 Å². The van der Waals surface area contributed by atoms with Crippen LogP contribution in [0.5, 0.6) is 11.5 Å². The van der Waals surface area contributed by atoms with Crippen LogP contribution in [0.15, 0.2) is 46.0 Å². The lowest BCUT2D eigenvalue weighted by molar-refractivity contribution is 0.146. The zero-order valence-corrected chi connectivity index (χ0v) is 17.6. The topological polar surface area (TPSA) is 71.3 Å². The van der Waals surface area contributed by atoms with Crippen LogP contribution in [0.25, 0.3) is 0 Å². The van der Waals surface area contributed by atoms with Gasteiger partial charge >= 0.3 is 0 Å². The van der Waals surface area contributed by atoms with Gasteiger partial charge in [0, 0.05) is 25.7 Å². The standard InChI is InChI=1S/C22H32N4O3/c1-23-22(24-15-17-9-7-10-20(27-2)21(17)28-3)25-16-18(19-11-8-14-29-19)26-12-5-4-6-13-26/h7-11,14,18H,4-6,12-13,15-16H2,1-3H3,(H2,23,24,25). The van der Waals surface area contributed by atoms with E-state index in [-0.39, 0.29) is 6.04 Å². The molecule has 0 saturated carbocycles. The van der Waals surface area contributed by atoms with Crippen molar-refractivity contribution in [3.63, 3.8) is 0 Å². The van der Waals surface area contributed by atoms with Gasteiger partial charge in [0.25, 0.3) is 0 Å². The molecule has 7 heteroatoms. The summed E-state index contributed by atoms with van der Waals surface area (Å²) in [4.78, 5) is 6.87. The van der Waals surface area contributed by atoms with Crippen LogP contribution in [-0.4, -0.2) is 51.8 Å². The fourth-order valence-corrected chi connectivity index (χ4v) is 3.81. The van der Waals surface area contributed by atoms with E-state index in [4.69, 9.17) is 13.9 Å². The second-order valence-corrected chi connectivity index (χ2v) is 7.09. The number of nitrogens with zero attached hydrogens (tertiary/aromatic N) is 2. The molecule has 3 rings (SSSR count). The third-order valence-corrected chi connectivity index (χ3v) is 5.32. The predicted molar refractivity (Wildman–Crippen MR) is 115 cm³/mol. The van der Waals surface area contributed by atoms with Gasteiger partial charge in [-0.1, -0.05) is 18.6 Å². The first-order valence-electron chi connectivity index (χ1n) is 10.2. The highest BCUT2D eigenvalue weighted by atomic mass is 16.5. The summed E-state index contributed by atoms with van der Waals surface area (Å²) in [5.41, 5.74) is 1.01. The lowest BCUT2D eigenvalue weighted by atomic mass is 10.1. The summed E-state index contributed by atoms with van der Waals surface area (Å²) in [6.45, 7) is 3.50. The Hall–Kier alpha value is -2.67. The number of ether oxygens (including phenoxy) is 2. The van der Waals surface area contributed by atoms with Crippen LogP contribution in [0.4, 0.5) is 0 Å². The van der Waals surface area contributed by atoms with E-state index in [0.717, 1.165) is 48.4 Å². The number of aliphatic imine (C=N–C) groups is 1. The molecular weight excluding hydrogens is 368 g/mol. The van der Waals surface area contributed by atoms with Crippen LogP contribution in [0.1, 0.15) is 36.6 Å². The zero-order valence-electron chi connectivity index (χ0n) is 17.6. The number of hydrogen-bond acceptors (Lipinski definition) is 5. The Bertz CT molecular complexity index is 770. The monoisotopic (exact) mass is 400 g/mol. The number of likely N-dealkylation sites (tertiary alicyclic amines) is 1. The van der Waals surface area contributed by atoms with Crippen LogP contribution in [0.2, 0.25) is 0 Å². The highest BCUT2D eigenvalue weighted by molar-refractivity contribution is 5.79. The molecule has 2 aromatic rings. The second-order valence-electron chi connectivity index (χ2n) is 7.09. The summed E-state index contributed by atoms with van der Waals surface area (Å²) in [5, 5.41) is 6.83. The van der Waals surface area contributed by atoms with Gasteiger partial charge < -0.3 is 24.5 Å². The number of nitrogens with one attached hydrogen (secondary N) is 2. The molecule has 1 aliphatic rings. The Balaban J connectivity index is 1.62. The van der Waals surface area contributed by atoms with Gasteiger partial charge in [-0.05, 0) is 44.1 Å². The Morgan fingerprint density at radius 2 is 1.93 bits per heavy atom. The number of rotatable bonds is 8. The van der Waals surface area contributed by atoms with Gasteiger partial charge in [0.15, 0.2) is 17.5 Å². The van der Waals surface area contributed by atoms with Gasteiger partial charge in [-0.25, -0.2) is 0 Å². The molecule has 2 heterocycles. The van der Waals surface area contributed by atoms with Gasteiger partial charge in [0.2, 0.25) is 0 Å². The molecule has 158 valence electrons. The molecule has 0 spiro atoms. The van der Waals surface area contributed by atoms with Crippen molar-refractivity contribution in [2.24, 2.45) is 4.99 Å². The molecule has 1 saturated heterocycles. The molecule has 7 nitrogen and oxygen atoms in total. The van der Waals surface area contributed by atoms with E-state index in [1.54, 1.807) is 27.5 Å². The summed E-state index contributed by atoms with van der Waals surface area (Å²) in [6, 6.07) is 10.1. The second kappa shape index (κ2) is 10.8. The zero-order chi connectivity index (χ0) is 20.5. The molecule has 29 heavy (non-hydrogen) atoms. The SMILES string of the molecule is CN=C(NCc1cccc(OC)c1OC)NCC(c1ccco1)N1CCCCC1. The van der Waals surface area contributed by atoms with Gasteiger partial charge in [-0.3, -0.25) is 9.89 Å². The first kappa shape index (κ1) is 21.0. The van der Waals surface area contributed by atoms with Crippen LogP contribution >= 0.6 is 0 Å². The van der Waals surface area contributed by atoms with Crippen molar-refractivity contribution in [3.8, 4) is 11.5 Å². The quantitative estimate of drug-likeness (QED) is 0.524. The Morgan fingerprint density at radius 3 is 2.59 bits per heavy atom. The maximum absolute atomic E-state index is 5.73. The Kier molecular flexibility index (Phi) is 7.81. The molecule has 0 amide bonds. The van der Waals surface area contributed by atoms with Crippen molar-refractivity contribution < 1.29 is 13.9 Å². The van der Waals surface area contributed by atoms with E-state index in [0.29, 0.717) is 6.54 Å². The molecule has 0 bridgehead atoms. The summed E-state index contributed by atoms with van der Waals surface area (Å²) < 4.78 is 16.6. The number of guanidine groups is 1. The van der Waals surface area contributed by atoms with Crippen LogP contribution in [0, 0.1) is 0 Å². The Morgan fingerprint density at radius 1 is 1.10 bits per heavy atom. The van der Waals surface area contributed by atoms with Crippen molar-refractivity contribution in [3.05, 3.63) is 47.9 Å². The van der Waals surface area contributed by atoms with E-state index < -0.39 is 0 Å². The highest BCUT2D eigenvalue weighted by Crippen LogP contribution is 2.30. The van der Waals surface area contributed by atoms with Gasteiger partial charge in [0.1, 0.15) is 5.76 Å². The van der Waals surface area contributed by atoms with E-state index in [9.17, 15) is 0 Å². The molecule has 1 fully saturated rings. The normalized spacial score (nSPS) is 16.3. The minimum Gasteiger partial charge on any atom is -0.493 e. The number of furan rings is 1. The lowest BCUT2D eigenvalue weighted by Crippen LogP contribution is -2.44.